The van der Waals surface area contributed by atoms with Crippen molar-refractivity contribution in [2.24, 2.45) is 0 Å². The second kappa shape index (κ2) is 10.9. The fourth-order valence-electron chi connectivity index (χ4n) is 4.07. The Balaban J connectivity index is 1.21. The maximum atomic E-state index is 12.8. The molecule has 1 aliphatic heterocycles. The summed E-state index contributed by atoms with van der Waals surface area (Å²) in [4.78, 5) is 33.1. The largest absolute Gasteiger partial charge is 0.497 e. The standard InChI is InChI=1S/C26H31N5O3/c1-20(22-6-8-23(9-7-22)31-14-13-27-19-31)28-26(33)30-17-15-29(16-18-30)25(32)12-5-21-3-10-24(34-2)11-4-21/h3-4,6-11,13-14,19-20H,5,12,15-18H2,1-2H3,(H,28,33). The van der Waals surface area contributed by atoms with Crippen molar-refractivity contribution in [3.05, 3.63) is 78.4 Å². The molecule has 8 heteroatoms. The number of rotatable bonds is 7. The van der Waals surface area contributed by atoms with Crippen molar-refractivity contribution in [2.45, 2.75) is 25.8 Å². The highest BCUT2D eigenvalue weighted by atomic mass is 16.5. The van der Waals surface area contributed by atoms with Gasteiger partial charge in [-0.1, -0.05) is 24.3 Å². The fourth-order valence-corrected chi connectivity index (χ4v) is 4.07. The Kier molecular flexibility index (Phi) is 7.47. The number of carbonyl (C=O) groups is 2. The van der Waals surface area contributed by atoms with Gasteiger partial charge in [0.05, 0.1) is 19.5 Å². The predicted octanol–water partition coefficient (Wildman–Crippen LogP) is 3.43. The smallest absolute Gasteiger partial charge is 0.317 e. The fraction of sp³-hybridized carbons (Fsp3) is 0.346. The summed E-state index contributed by atoms with van der Waals surface area (Å²) in [6.45, 7) is 4.16. The molecule has 1 unspecified atom stereocenters. The van der Waals surface area contributed by atoms with E-state index in [9.17, 15) is 9.59 Å². The molecular formula is C26H31N5O3. The molecule has 1 aliphatic rings. The quantitative estimate of drug-likeness (QED) is 0.585. The van der Waals surface area contributed by atoms with E-state index in [4.69, 9.17) is 4.74 Å². The number of methoxy groups -OCH3 is 1. The van der Waals surface area contributed by atoms with Crippen molar-refractivity contribution < 1.29 is 14.3 Å². The maximum absolute atomic E-state index is 12.8. The zero-order valence-electron chi connectivity index (χ0n) is 19.7. The van der Waals surface area contributed by atoms with Gasteiger partial charge < -0.3 is 24.4 Å². The van der Waals surface area contributed by atoms with E-state index >= 15 is 0 Å². The van der Waals surface area contributed by atoms with Gasteiger partial charge in [-0.3, -0.25) is 4.79 Å². The molecule has 2 aromatic carbocycles. The third kappa shape index (κ3) is 5.75. The molecule has 0 bridgehead atoms. The van der Waals surface area contributed by atoms with Crippen LogP contribution in [0.3, 0.4) is 0 Å². The van der Waals surface area contributed by atoms with Crippen LogP contribution in [0.4, 0.5) is 4.79 Å². The van der Waals surface area contributed by atoms with Crippen LogP contribution in [0.2, 0.25) is 0 Å². The molecule has 1 aromatic heterocycles. The van der Waals surface area contributed by atoms with E-state index in [2.05, 4.69) is 10.3 Å². The predicted molar refractivity (Wildman–Crippen MR) is 130 cm³/mol. The molecule has 178 valence electrons. The third-order valence-electron chi connectivity index (χ3n) is 6.24. The van der Waals surface area contributed by atoms with E-state index in [0.29, 0.717) is 39.0 Å². The number of piperazine rings is 1. The Hall–Kier alpha value is -3.81. The first-order valence-corrected chi connectivity index (χ1v) is 11.6. The molecule has 1 atom stereocenters. The Labute approximate surface area is 200 Å². The second-order valence-electron chi connectivity index (χ2n) is 8.45. The lowest BCUT2D eigenvalue weighted by Crippen LogP contribution is -2.53. The summed E-state index contributed by atoms with van der Waals surface area (Å²) < 4.78 is 7.11. The molecule has 0 aliphatic carbocycles. The Morgan fingerprint density at radius 1 is 1.00 bits per heavy atom. The second-order valence-corrected chi connectivity index (χ2v) is 8.45. The molecule has 34 heavy (non-hydrogen) atoms. The van der Waals surface area contributed by atoms with Crippen LogP contribution in [0.1, 0.15) is 30.5 Å². The Morgan fingerprint density at radius 2 is 1.68 bits per heavy atom. The number of carbonyl (C=O) groups excluding carboxylic acids is 2. The summed E-state index contributed by atoms with van der Waals surface area (Å²) in [5.74, 6) is 0.938. The van der Waals surface area contributed by atoms with Crippen LogP contribution >= 0.6 is 0 Å². The van der Waals surface area contributed by atoms with Crippen LogP contribution in [0.5, 0.6) is 5.75 Å². The summed E-state index contributed by atoms with van der Waals surface area (Å²) in [7, 11) is 1.64. The molecule has 2 heterocycles. The molecular weight excluding hydrogens is 430 g/mol. The van der Waals surface area contributed by atoms with Crippen molar-refractivity contribution in [3.63, 3.8) is 0 Å². The van der Waals surface area contributed by atoms with Crippen molar-refractivity contribution in [1.82, 2.24) is 24.7 Å². The molecule has 4 rings (SSSR count). The minimum atomic E-state index is -0.117. The lowest BCUT2D eigenvalue weighted by molar-refractivity contribution is -0.132. The molecule has 8 nitrogen and oxygen atoms in total. The van der Waals surface area contributed by atoms with Gasteiger partial charge in [0.15, 0.2) is 0 Å². The topological polar surface area (TPSA) is 79.7 Å². The zero-order valence-corrected chi connectivity index (χ0v) is 19.7. The van der Waals surface area contributed by atoms with Gasteiger partial charge in [-0.15, -0.1) is 0 Å². The van der Waals surface area contributed by atoms with Gasteiger partial charge in [-0.05, 0) is 48.7 Å². The van der Waals surface area contributed by atoms with E-state index in [1.54, 1.807) is 24.5 Å². The number of nitrogens with one attached hydrogen (secondary N) is 1. The van der Waals surface area contributed by atoms with Crippen molar-refractivity contribution in [1.29, 1.82) is 0 Å². The number of benzene rings is 2. The van der Waals surface area contributed by atoms with Crippen LogP contribution in [-0.4, -0.2) is 64.6 Å². The Bertz CT molecular complexity index is 1070. The number of nitrogens with zero attached hydrogens (tertiary/aromatic N) is 4. The zero-order chi connectivity index (χ0) is 23.9. The van der Waals surface area contributed by atoms with Crippen LogP contribution in [0, 0.1) is 0 Å². The highest BCUT2D eigenvalue weighted by Crippen LogP contribution is 2.17. The first-order chi connectivity index (χ1) is 16.5. The normalized spacial score (nSPS) is 14.5. The number of aryl methyl sites for hydroxylation is 1. The highest BCUT2D eigenvalue weighted by molar-refractivity contribution is 5.78. The van der Waals surface area contributed by atoms with Gasteiger partial charge in [0.1, 0.15) is 5.75 Å². The summed E-state index contributed by atoms with van der Waals surface area (Å²) >= 11 is 0. The molecule has 1 fully saturated rings. The monoisotopic (exact) mass is 461 g/mol. The molecule has 1 saturated heterocycles. The number of hydrogen-bond donors (Lipinski definition) is 1. The maximum Gasteiger partial charge on any atom is 0.317 e. The van der Waals surface area contributed by atoms with Gasteiger partial charge in [-0.25, -0.2) is 9.78 Å². The minimum absolute atomic E-state index is 0.100. The summed E-state index contributed by atoms with van der Waals surface area (Å²) in [6, 6.07) is 15.6. The Morgan fingerprint density at radius 3 is 2.29 bits per heavy atom. The van der Waals surface area contributed by atoms with Crippen LogP contribution in [0.25, 0.3) is 5.69 Å². The number of aromatic nitrogens is 2. The van der Waals surface area contributed by atoms with Gasteiger partial charge in [0.25, 0.3) is 0 Å². The highest BCUT2D eigenvalue weighted by Gasteiger charge is 2.24. The summed E-state index contributed by atoms with van der Waals surface area (Å²) in [5.41, 5.74) is 3.16. The summed E-state index contributed by atoms with van der Waals surface area (Å²) in [5, 5.41) is 3.07. The summed E-state index contributed by atoms with van der Waals surface area (Å²) in [6.07, 6.45) is 6.55. The first-order valence-electron chi connectivity index (χ1n) is 11.6. The third-order valence-corrected chi connectivity index (χ3v) is 6.24. The van der Waals surface area contributed by atoms with Gasteiger partial charge >= 0.3 is 6.03 Å². The number of imidazole rings is 1. The van der Waals surface area contributed by atoms with E-state index in [1.165, 1.54) is 0 Å². The minimum Gasteiger partial charge on any atom is -0.497 e. The van der Waals surface area contributed by atoms with Crippen molar-refractivity contribution in [2.75, 3.05) is 33.3 Å². The molecule has 0 spiro atoms. The first kappa shape index (κ1) is 23.4. The molecule has 3 aromatic rings. The lowest BCUT2D eigenvalue weighted by Gasteiger charge is -2.35. The van der Waals surface area contributed by atoms with E-state index in [-0.39, 0.29) is 18.0 Å². The SMILES string of the molecule is COc1ccc(CCC(=O)N2CCN(C(=O)NC(C)c3ccc(-n4ccnc4)cc3)CC2)cc1. The van der Waals surface area contributed by atoms with Crippen LogP contribution in [0.15, 0.2) is 67.3 Å². The number of amides is 3. The number of urea groups is 1. The van der Waals surface area contributed by atoms with Gasteiger partial charge in [0.2, 0.25) is 5.91 Å². The van der Waals surface area contributed by atoms with Crippen LogP contribution in [-0.2, 0) is 11.2 Å². The van der Waals surface area contributed by atoms with Gasteiger partial charge in [0, 0.05) is 50.7 Å². The van der Waals surface area contributed by atoms with E-state index in [0.717, 1.165) is 22.6 Å². The van der Waals surface area contributed by atoms with Gasteiger partial charge in [-0.2, -0.15) is 0 Å². The van der Waals surface area contributed by atoms with E-state index in [1.807, 2.05) is 71.1 Å². The molecule has 1 N–H and O–H groups in total. The number of ether oxygens (including phenoxy) is 1. The lowest BCUT2D eigenvalue weighted by atomic mass is 10.1. The van der Waals surface area contributed by atoms with Crippen molar-refractivity contribution in [3.8, 4) is 11.4 Å². The molecule has 0 saturated carbocycles. The molecule has 0 radical (unpaired) electrons. The van der Waals surface area contributed by atoms with Crippen molar-refractivity contribution >= 4 is 11.9 Å². The van der Waals surface area contributed by atoms with Crippen LogP contribution < -0.4 is 10.1 Å². The average molecular weight is 462 g/mol. The average Bonchev–Trinajstić information content (AvgIpc) is 3.43. The van der Waals surface area contributed by atoms with E-state index < -0.39 is 0 Å². The molecule has 3 amide bonds. The number of hydrogen-bond acceptors (Lipinski definition) is 4.